The van der Waals surface area contributed by atoms with Gasteiger partial charge in [-0.2, -0.15) is 0 Å². The van der Waals surface area contributed by atoms with Crippen LogP contribution >= 0.6 is 0 Å². The molecule has 0 aromatic rings. The molecule has 0 atom stereocenters. The summed E-state index contributed by atoms with van der Waals surface area (Å²) >= 11 is 0. The molecule has 13 heavy (non-hydrogen) atoms. The molecular formula is C10H21NO2. The van der Waals surface area contributed by atoms with Crippen molar-refractivity contribution in [3.8, 4) is 0 Å². The monoisotopic (exact) mass is 187 g/mol. The second kappa shape index (κ2) is 5.35. The van der Waals surface area contributed by atoms with Gasteiger partial charge in [0.05, 0.1) is 6.54 Å². The Morgan fingerprint density at radius 1 is 1.31 bits per heavy atom. The zero-order chi connectivity index (χ0) is 10.5. The summed E-state index contributed by atoms with van der Waals surface area (Å²) in [5.41, 5.74) is -0.650. The number of rotatable bonds is 6. The number of ketones is 1. The predicted molar refractivity (Wildman–Crippen MR) is 53.9 cm³/mol. The number of hydrogen-bond donors (Lipinski definition) is 0. The summed E-state index contributed by atoms with van der Waals surface area (Å²) in [6, 6.07) is 0. The second-order valence-electron chi connectivity index (χ2n) is 3.60. The zero-order valence-electron chi connectivity index (χ0n) is 9.39. The maximum absolute atomic E-state index is 11.7. The number of ether oxygens (including phenoxy) is 1. The van der Waals surface area contributed by atoms with Crippen molar-refractivity contribution in [1.82, 2.24) is 4.90 Å². The molecule has 0 saturated carbocycles. The van der Waals surface area contributed by atoms with Crippen LogP contribution in [0, 0.1) is 0 Å². The van der Waals surface area contributed by atoms with Crippen LogP contribution in [0.5, 0.6) is 0 Å². The summed E-state index contributed by atoms with van der Waals surface area (Å²) in [6.45, 7) is 10.0. The summed E-state index contributed by atoms with van der Waals surface area (Å²) in [5.74, 6) is 0.138. The molecule has 0 bridgehead atoms. The van der Waals surface area contributed by atoms with E-state index in [1.54, 1.807) is 21.0 Å². The van der Waals surface area contributed by atoms with Crippen LogP contribution in [0.1, 0.15) is 27.7 Å². The highest BCUT2D eigenvalue weighted by Gasteiger charge is 2.27. The summed E-state index contributed by atoms with van der Waals surface area (Å²) < 4.78 is 5.11. The molecule has 0 saturated heterocycles. The van der Waals surface area contributed by atoms with E-state index in [4.69, 9.17) is 4.74 Å². The number of carbonyl (C=O) groups excluding carboxylic acids is 1. The van der Waals surface area contributed by atoms with Crippen LogP contribution in [0.15, 0.2) is 0 Å². The molecule has 0 fully saturated rings. The van der Waals surface area contributed by atoms with Gasteiger partial charge in [0.2, 0.25) is 0 Å². The van der Waals surface area contributed by atoms with E-state index in [9.17, 15) is 4.79 Å². The molecule has 3 nitrogen and oxygen atoms in total. The Labute approximate surface area is 81.1 Å². The molecule has 0 aliphatic heterocycles. The van der Waals surface area contributed by atoms with Crippen molar-refractivity contribution < 1.29 is 9.53 Å². The van der Waals surface area contributed by atoms with Gasteiger partial charge in [0.25, 0.3) is 0 Å². The molecule has 3 heteroatoms. The Bertz CT molecular complexity index is 162. The predicted octanol–water partition coefficient (Wildman–Crippen LogP) is 1.32. The fraction of sp³-hybridized carbons (Fsp3) is 0.900. The van der Waals surface area contributed by atoms with Crippen molar-refractivity contribution in [3.63, 3.8) is 0 Å². The molecule has 0 amide bonds. The van der Waals surface area contributed by atoms with Crippen molar-refractivity contribution in [2.75, 3.05) is 26.7 Å². The van der Waals surface area contributed by atoms with Crippen LogP contribution in [0.25, 0.3) is 0 Å². The number of likely N-dealkylation sites (N-methyl/N-ethyl adjacent to an activating group) is 1. The molecular weight excluding hydrogens is 166 g/mol. The lowest BCUT2D eigenvalue weighted by Gasteiger charge is -2.25. The summed E-state index contributed by atoms with van der Waals surface area (Å²) in [7, 11) is 1.57. The third-order valence-electron chi connectivity index (χ3n) is 2.44. The van der Waals surface area contributed by atoms with Crippen molar-refractivity contribution >= 4 is 5.78 Å². The summed E-state index contributed by atoms with van der Waals surface area (Å²) in [4.78, 5) is 13.7. The van der Waals surface area contributed by atoms with E-state index in [0.29, 0.717) is 6.54 Å². The van der Waals surface area contributed by atoms with E-state index >= 15 is 0 Å². The minimum Gasteiger partial charge on any atom is -0.371 e. The van der Waals surface area contributed by atoms with Crippen LogP contribution in [0.3, 0.4) is 0 Å². The van der Waals surface area contributed by atoms with Gasteiger partial charge >= 0.3 is 0 Å². The fourth-order valence-electron chi connectivity index (χ4n) is 0.955. The lowest BCUT2D eigenvalue weighted by molar-refractivity contribution is -0.138. The SMILES string of the molecule is CCN(CC)CC(=O)C(C)(C)OC. The molecule has 0 N–H and O–H groups in total. The van der Waals surface area contributed by atoms with E-state index < -0.39 is 5.60 Å². The minimum absolute atomic E-state index is 0.138. The topological polar surface area (TPSA) is 29.5 Å². The van der Waals surface area contributed by atoms with Gasteiger partial charge in [0.15, 0.2) is 5.78 Å². The van der Waals surface area contributed by atoms with Gasteiger partial charge in [-0.25, -0.2) is 0 Å². The third-order valence-corrected chi connectivity index (χ3v) is 2.44. The van der Waals surface area contributed by atoms with Gasteiger partial charge in [0, 0.05) is 7.11 Å². The fourth-order valence-corrected chi connectivity index (χ4v) is 0.955. The summed E-state index contributed by atoms with van der Waals surface area (Å²) in [5, 5.41) is 0. The lowest BCUT2D eigenvalue weighted by Crippen LogP contribution is -2.42. The molecule has 0 heterocycles. The Kier molecular flexibility index (Phi) is 5.18. The quantitative estimate of drug-likeness (QED) is 0.628. The molecule has 0 spiro atoms. The number of hydrogen-bond acceptors (Lipinski definition) is 3. The van der Waals surface area contributed by atoms with Gasteiger partial charge in [-0.05, 0) is 26.9 Å². The minimum atomic E-state index is -0.650. The van der Waals surface area contributed by atoms with Crippen LogP contribution in [-0.2, 0) is 9.53 Å². The van der Waals surface area contributed by atoms with Crippen molar-refractivity contribution in [2.45, 2.75) is 33.3 Å². The number of carbonyl (C=O) groups is 1. The average Bonchev–Trinajstić information content (AvgIpc) is 2.13. The highest BCUT2D eigenvalue weighted by molar-refractivity contribution is 5.88. The zero-order valence-corrected chi connectivity index (χ0v) is 9.39. The maximum atomic E-state index is 11.7. The van der Waals surface area contributed by atoms with E-state index in [1.165, 1.54) is 0 Å². The number of methoxy groups -OCH3 is 1. The van der Waals surface area contributed by atoms with Crippen LogP contribution in [0.2, 0.25) is 0 Å². The standard InChI is InChI=1S/C10H21NO2/c1-6-11(7-2)8-9(12)10(3,4)13-5/h6-8H2,1-5H3. The molecule has 0 aliphatic carbocycles. The largest absolute Gasteiger partial charge is 0.371 e. The number of Topliss-reactive ketones (excluding diaryl/α,β-unsaturated/α-hetero) is 1. The van der Waals surface area contributed by atoms with Crippen molar-refractivity contribution in [3.05, 3.63) is 0 Å². The van der Waals surface area contributed by atoms with Gasteiger partial charge in [-0.1, -0.05) is 13.8 Å². The van der Waals surface area contributed by atoms with Gasteiger partial charge in [-0.15, -0.1) is 0 Å². The first-order valence-corrected chi connectivity index (χ1v) is 4.78. The van der Waals surface area contributed by atoms with Crippen molar-refractivity contribution in [1.29, 1.82) is 0 Å². The van der Waals surface area contributed by atoms with Gasteiger partial charge in [0.1, 0.15) is 5.60 Å². The highest BCUT2D eigenvalue weighted by atomic mass is 16.5. The first-order valence-electron chi connectivity index (χ1n) is 4.78. The molecule has 0 aliphatic rings. The van der Waals surface area contributed by atoms with E-state index in [2.05, 4.69) is 18.7 Å². The van der Waals surface area contributed by atoms with E-state index in [1.807, 2.05) is 0 Å². The molecule has 0 unspecified atom stereocenters. The molecule has 0 rings (SSSR count). The Morgan fingerprint density at radius 3 is 2.08 bits per heavy atom. The molecule has 0 aromatic carbocycles. The van der Waals surface area contributed by atoms with Crippen LogP contribution in [-0.4, -0.2) is 43.0 Å². The Morgan fingerprint density at radius 2 is 1.77 bits per heavy atom. The normalized spacial score (nSPS) is 12.2. The van der Waals surface area contributed by atoms with Crippen molar-refractivity contribution in [2.24, 2.45) is 0 Å². The molecule has 78 valence electrons. The van der Waals surface area contributed by atoms with E-state index in [0.717, 1.165) is 13.1 Å². The highest BCUT2D eigenvalue weighted by Crippen LogP contribution is 2.09. The third kappa shape index (κ3) is 3.87. The Balaban J connectivity index is 4.13. The summed E-state index contributed by atoms with van der Waals surface area (Å²) in [6.07, 6.45) is 0. The molecule has 0 radical (unpaired) electrons. The van der Waals surface area contributed by atoms with Gasteiger partial charge in [-0.3, -0.25) is 9.69 Å². The first kappa shape index (κ1) is 12.6. The van der Waals surface area contributed by atoms with Gasteiger partial charge < -0.3 is 4.74 Å². The van der Waals surface area contributed by atoms with Crippen LogP contribution < -0.4 is 0 Å². The smallest absolute Gasteiger partial charge is 0.177 e. The maximum Gasteiger partial charge on any atom is 0.177 e. The molecule has 0 aromatic heterocycles. The first-order chi connectivity index (χ1) is 5.97. The second-order valence-corrected chi connectivity index (χ2v) is 3.60. The number of nitrogens with zero attached hydrogens (tertiary/aromatic N) is 1. The average molecular weight is 187 g/mol. The van der Waals surface area contributed by atoms with Crippen LogP contribution in [0.4, 0.5) is 0 Å². The Hall–Kier alpha value is -0.410. The lowest BCUT2D eigenvalue weighted by atomic mass is 10.0. The van der Waals surface area contributed by atoms with E-state index in [-0.39, 0.29) is 5.78 Å².